The first-order valence-corrected chi connectivity index (χ1v) is 8.21. The van der Waals surface area contributed by atoms with Gasteiger partial charge < -0.3 is 9.88 Å². The van der Waals surface area contributed by atoms with Gasteiger partial charge in [-0.2, -0.15) is 0 Å². The minimum absolute atomic E-state index is 0.257. The van der Waals surface area contributed by atoms with Crippen LogP contribution in [0.15, 0.2) is 24.3 Å². The van der Waals surface area contributed by atoms with E-state index in [-0.39, 0.29) is 5.91 Å². The molecule has 1 N–H and O–H groups in total. The summed E-state index contributed by atoms with van der Waals surface area (Å²) in [5.41, 5.74) is 4.33. The Morgan fingerprint density at radius 2 is 2.10 bits per heavy atom. The van der Waals surface area contributed by atoms with Crippen LogP contribution in [0.1, 0.15) is 36.9 Å². The van der Waals surface area contributed by atoms with Crippen LogP contribution in [0.4, 0.5) is 0 Å². The lowest BCUT2D eigenvalue weighted by molar-refractivity contribution is -0.122. The van der Waals surface area contributed by atoms with E-state index in [9.17, 15) is 4.79 Å². The second kappa shape index (κ2) is 5.21. The van der Waals surface area contributed by atoms with Crippen LogP contribution in [0.2, 0.25) is 0 Å². The maximum absolute atomic E-state index is 11.8. The SMILES string of the molecule is O=C(NCCc1c2n(c3ccccc13)CCCC2)C1CC1. The number of hydrogen-bond donors (Lipinski definition) is 1. The first-order valence-electron chi connectivity index (χ1n) is 8.21. The lowest BCUT2D eigenvalue weighted by Crippen LogP contribution is -2.27. The molecule has 110 valence electrons. The number of carbonyl (C=O) groups is 1. The van der Waals surface area contributed by atoms with E-state index in [2.05, 4.69) is 34.1 Å². The van der Waals surface area contributed by atoms with E-state index in [0.717, 1.165) is 32.4 Å². The Bertz CT molecular complexity index is 682. The number of nitrogens with one attached hydrogen (secondary N) is 1. The van der Waals surface area contributed by atoms with Crippen LogP contribution in [0.25, 0.3) is 10.9 Å². The summed E-state index contributed by atoms with van der Waals surface area (Å²) in [6.07, 6.45) is 6.87. The van der Waals surface area contributed by atoms with Gasteiger partial charge in [-0.25, -0.2) is 0 Å². The zero-order valence-electron chi connectivity index (χ0n) is 12.4. The summed E-state index contributed by atoms with van der Waals surface area (Å²) in [5.74, 6) is 0.567. The molecule has 2 heterocycles. The maximum Gasteiger partial charge on any atom is 0.223 e. The zero-order chi connectivity index (χ0) is 14.2. The Morgan fingerprint density at radius 1 is 1.24 bits per heavy atom. The van der Waals surface area contributed by atoms with Crippen molar-refractivity contribution < 1.29 is 4.79 Å². The fourth-order valence-electron chi connectivity index (χ4n) is 3.61. The minimum atomic E-state index is 0.257. The van der Waals surface area contributed by atoms with Crippen molar-refractivity contribution in [3.05, 3.63) is 35.5 Å². The number of benzene rings is 1. The van der Waals surface area contributed by atoms with E-state index in [1.165, 1.54) is 41.4 Å². The highest BCUT2D eigenvalue weighted by Gasteiger charge is 2.29. The molecular weight excluding hydrogens is 260 g/mol. The topological polar surface area (TPSA) is 34.0 Å². The number of aryl methyl sites for hydroxylation is 1. The van der Waals surface area contributed by atoms with Crippen LogP contribution in [-0.4, -0.2) is 17.0 Å². The van der Waals surface area contributed by atoms with Crippen molar-refractivity contribution in [3.8, 4) is 0 Å². The summed E-state index contributed by atoms with van der Waals surface area (Å²) >= 11 is 0. The summed E-state index contributed by atoms with van der Waals surface area (Å²) in [7, 11) is 0. The molecule has 2 aromatic rings. The van der Waals surface area contributed by atoms with Crippen LogP contribution < -0.4 is 5.32 Å². The molecule has 1 amide bonds. The molecule has 1 aromatic carbocycles. The van der Waals surface area contributed by atoms with Gasteiger partial charge in [-0.05, 0) is 50.2 Å². The van der Waals surface area contributed by atoms with Crippen LogP contribution in [0.5, 0.6) is 0 Å². The lowest BCUT2D eigenvalue weighted by Gasteiger charge is -2.17. The second-order valence-electron chi connectivity index (χ2n) is 6.37. The standard InChI is InChI=1S/C18H22N2O/c21-18(13-8-9-13)19-11-10-15-14-5-1-2-6-16(14)20-12-4-3-7-17(15)20/h1-2,5-6,13H,3-4,7-12H2,(H,19,21). The predicted octanol–water partition coefficient (Wildman–Crippen LogP) is 3.05. The number of nitrogens with zero attached hydrogens (tertiary/aromatic N) is 1. The Balaban J connectivity index is 1.59. The van der Waals surface area contributed by atoms with Crippen molar-refractivity contribution in [1.29, 1.82) is 0 Å². The molecule has 1 aliphatic carbocycles. The van der Waals surface area contributed by atoms with Crippen molar-refractivity contribution in [1.82, 2.24) is 9.88 Å². The predicted molar refractivity (Wildman–Crippen MR) is 84.3 cm³/mol. The Labute approximate surface area is 125 Å². The third-order valence-electron chi connectivity index (χ3n) is 4.86. The molecule has 2 aliphatic rings. The highest BCUT2D eigenvalue weighted by molar-refractivity contribution is 5.86. The number of fused-ring (bicyclic) bond motifs is 3. The van der Waals surface area contributed by atoms with Crippen molar-refractivity contribution in [3.63, 3.8) is 0 Å². The average molecular weight is 282 g/mol. The van der Waals surface area contributed by atoms with E-state index in [4.69, 9.17) is 0 Å². The van der Waals surface area contributed by atoms with Crippen molar-refractivity contribution in [2.24, 2.45) is 5.92 Å². The van der Waals surface area contributed by atoms with Gasteiger partial charge in [-0.1, -0.05) is 18.2 Å². The van der Waals surface area contributed by atoms with Gasteiger partial charge in [-0.15, -0.1) is 0 Å². The smallest absolute Gasteiger partial charge is 0.223 e. The second-order valence-corrected chi connectivity index (χ2v) is 6.37. The first-order chi connectivity index (χ1) is 10.3. The number of aromatic nitrogens is 1. The molecule has 21 heavy (non-hydrogen) atoms. The van der Waals surface area contributed by atoms with Gasteiger partial charge in [0.05, 0.1) is 0 Å². The number of hydrogen-bond acceptors (Lipinski definition) is 1. The van der Waals surface area contributed by atoms with Crippen molar-refractivity contribution in [2.45, 2.75) is 45.1 Å². The molecule has 1 aliphatic heterocycles. The van der Waals surface area contributed by atoms with E-state index >= 15 is 0 Å². The van der Waals surface area contributed by atoms with Crippen LogP contribution in [0.3, 0.4) is 0 Å². The normalized spacial score (nSPS) is 17.7. The fraction of sp³-hybridized carbons (Fsp3) is 0.500. The van der Waals surface area contributed by atoms with Gasteiger partial charge in [0.25, 0.3) is 0 Å². The van der Waals surface area contributed by atoms with Gasteiger partial charge in [-0.3, -0.25) is 4.79 Å². The summed E-state index contributed by atoms with van der Waals surface area (Å²) in [6.45, 7) is 1.92. The van der Waals surface area contributed by atoms with Gasteiger partial charge in [0, 0.05) is 35.6 Å². The largest absolute Gasteiger partial charge is 0.356 e. The van der Waals surface area contributed by atoms with E-state index in [1.807, 2.05) is 0 Å². The molecular formula is C18H22N2O. The Hall–Kier alpha value is -1.77. The number of carbonyl (C=O) groups excluding carboxylic acids is 1. The van der Waals surface area contributed by atoms with Crippen molar-refractivity contribution >= 4 is 16.8 Å². The van der Waals surface area contributed by atoms with Gasteiger partial charge in [0.2, 0.25) is 5.91 Å². The first kappa shape index (κ1) is 12.9. The lowest BCUT2D eigenvalue weighted by atomic mass is 10.0. The molecule has 0 unspecified atom stereocenters. The zero-order valence-corrected chi connectivity index (χ0v) is 12.4. The quantitative estimate of drug-likeness (QED) is 0.919. The maximum atomic E-state index is 11.8. The molecule has 4 rings (SSSR count). The fourth-order valence-corrected chi connectivity index (χ4v) is 3.61. The summed E-state index contributed by atoms with van der Waals surface area (Å²) in [6, 6.07) is 8.72. The van der Waals surface area contributed by atoms with Crippen LogP contribution in [0, 0.1) is 5.92 Å². The number of amides is 1. The average Bonchev–Trinajstić information content (AvgIpc) is 3.33. The van der Waals surface area contributed by atoms with Gasteiger partial charge in [0.1, 0.15) is 0 Å². The molecule has 0 bridgehead atoms. The van der Waals surface area contributed by atoms with Crippen LogP contribution in [-0.2, 0) is 24.2 Å². The molecule has 1 fully saturated rings. The molecule has 1 saturated carbocycles. The van der Waals surface area contributed by atoms with E-state index in [0.29, 0.717) is 5.92 Å². The summed E-state index contributed by atoms with van der Waals surface area (Å²) in [4.78, 5) is 11.8. The minimum Gasteiger partial charge on any atom is -0.356 e. The van der Waals surface area contributed by atoms with E-state index in [1.54, 1.807) is 0 Å². The molecule has 3 nitrogen and oxygen atoms in total. The van der Waals surface area contributed by atoms with Crippen LogP contribution >= 0.6 is 0 Å². The monoisotopic (exact) mass is 282 g/mol. The van der Waals surface area contributed by atoms with Crippen molar-refractivity contribution in [2.75, 3.05) is 6.54 Å². The molecule has 1 aromatic heterocycles. The summed E-state index contributed by atoms with van der Waals surface area (Å²) < 4.78 is 2.50. The number of rotatable bonds is 4. The molecule has 0 atom stereocenters. The Kier molecular flexibility index (Phi) is 3.21. The third-order valence-corrected chi connectivity index (χ3v) is 4.86. The Morgan fingerprint density at radius 3 is 2.95 bits per heavy atom. The molecule has 3 heteroatoms. The summed E-state index contributed by atoms with van der Waals surface area (Å²) in [5, 5.41) is 4.49. The van der Waals surface area contributed by atoms with Gasteiger partial charge in [0.15, 0.2) is 0 Å². The molecule has 0 spiro atoms. The molecule has 0 radical (unpaired) electrons. The van der Waals surface area contributed by atoms with Gasteiger partial charge >= 0.3 is 0 Å². The highest BCUT2D eigenvalue weighted by atomic mass is 16.2. The number of para-hydroxylation sites is 1. The van der Waals surface area contributed by atoms with E-state index < -0.39 is 0 Å². The third kappa shape index (κ3) is 2.35. The molecule has 0 saturated heterocycles. The highest BCUT2D eigenvalue weighted by Crippen LogP contribution is 2.31.